The Balaban J connectivity index is 2.17. The van der Waals surface area contributed by atoms with E-state index in [4.69, 9.17) is 4.74 Å². The number of hydrogen-bond acceptors (Lipinski definition) is 3. The van der Waals surface area contributed by atoms with Gasteiger partial charge in [-0.3, -0.25) is 9.59 Å². The lowest BCUT2D eigenvalue weighted by molar-refractivity contribution is -0.142. The standard InChI is InChI=1S/C24H31BrN2O3/c1-16-7-9-19(10-8-16)14-27(18(3)23(29)26-24(4,5)6)22(28)15-30-20-11-12-21(25)17(2)13-20/h7-13,18H,14-15H2,1-6H3,(H,26,29)/t18-/m1/s1. The van der Waals surface area contributed by atoms with Crippen molar-refractivity contribution >= 4 is 27.7 Å². The van der Waals surface area contributed by atoms with Crippen molar-refractivity contribution in [2.75, 3.05) is 6.61 Å². The first-order chi connectivity index (χ1) is 14.0. The lowest BCUT2D eigenvalue weighted by Crippen LogP contribution is -2.53. The minimum absolute atomic E-state index is 0.139. The van der Waals surface area contributed by atoms with E-state index in [0.717, 1.165) is 21.2 Å². The molecule has 0 saturated heterocycles. The zero-order valence-corrected chi connectivity index (χ0v) is 20.2. The van der Waals surface area contributed by atoms with E-state index in [1.165, 1.54) is 0 Å². The first kappa shape index (κ1) is 23.9. The van der Waals surface area contributed by atoms with Crippen LogP contribution < -0.4 is 10.1 Å². The molecule has 0 saturated carbocycles. The molecule has 0 fully saturated rings. The highest BCUT2D eigenvalue weighted by Crippen LogP contribution is 2.22. The fourth-order valence-electron chi connectivity index (χ4n) is 2.88. The SMILES string of the molecule is Cc1ccc(CN(C(=O)COc2ccc(Br)c(C)c2)[C@H](C)C(=O)NC(C)(C)C)cc1. The molecular formula is C24H31BrN2O3. The molecule has 2 aromatic carbocycles. The van der Waals surface area contributed by atoms with Crippen LogP contribution in [0.1, 0.15) is 44.4 Å². The van der Waals surface area contributed by atoms with Crippen LogP contribution in [0, 0.1) is 13.8 Å². The number of halogens is 1. The molecule has 162 valence electrons. The van der Waals surface area contributed by atoms with Crippen molar-refractivity contribution in [1.29, 1.82) is 0 Å². The molecule has 0 bridgehead atoms. The van der Waals surface area contributed by atoms with Gasteiger partial charge in [-0.05, 0) is 70.9 Å². The van der Waals surface area contributed by atoms with Crippen LogP contribution >= 0.6 is 15.9 Å². The molecule has 0 aliphatic heterocycles. The molecule has 1 atom stereocenters. The quantitative estimate of drug-likeness (QED) is 0.628. The van der Waals surface area contributed by atoms with Crippen molar-refractivity contribution in [3.05, 3.63) is 63.6 Å². The van der Waals surface area contributed by atoms with Gasteiger partial charge in [0.1, 0.15) is 11.8 Å². The first-order valence-electron chi connectivity index (χ1n) is 10.0. The Kier molecular flexibility index (Phi) is 8.07. The summed E-state index contributed by atoms with van der Waals surface area (Å²) in [5.41, 5.74) is 2.75. The van der Waals surface area contributed by atoms with Crippen molar-refractivity contribution in [1.82, 2.24) is 10.2 Å². The second kappa shape index (κ2) is 10.1. The molecule has 0 unspecified atom stereocenters. The van der Waals surface area contributed by atoms with Gasteiger partial charge in [0.15, 0.2) is 6.61 Å². The minimum atomic E-state index is -0.631. The summed E-state index contributed by atoms with van der Waals surface area (Å²) in [5.74, 6) is 0.182. The summed E-state index contributed by atoms with van der Waals surface area (Å²) < 4.78 is 6.71. The maximum Gasteiger partial charge on any atom is 0.261 e. The molecule has 0 radical (unpaired) electrons. The maximum atomic E-state index is 13.1. The number of ether oxygens (including phenoxy) is 1. The number of benzene rings is 2. The molecule has 0 aromatic heterocycles. The van der Waals surface area contributed by atoms with E-state index in [1.54, 1.807) is 11.8 Å². The number of nitrogens with one attached hydrogen (secondary N) is 1. The number of carbonyl (C=O) groups is 2. The summed E-state index contributed by atoms with van der Waals surface area (Å²) in [7, 11) is 0. The topological polar surface area (TPSA) is 58.6 Å². The van der Waals surface area contributed by atoms with Crippen LogP contribution in [0.15, 0.2) is 46.9 Å². The average molecular weight is 475 g/mol. The maximum absolute atomic E-state index is 13.1. The van der Waals surface area contributed by atoms with Gasteiger partial charge in [0.05, 0.1) is 0 Å². The Morgan fingerprint density at radius 2 is 1.73 bits per heavy atom. The highest BCUT2D eigenvalue weighted by atomic mass is 79.9. The molecule has 0 spiro atoms. The number of carbonyl (C=O) groups excluding carboxylic acids is 2. The van der Waals surface area contributed by atoms with Crippen LogP contribution in [0.2, 0.25) is 0 Å². The van der Waals surface area contributed by atoms with E-state index in [2.05, 4.69) is 21.2 Å². The predicted octanol–water partition coefficient (Wildman–Crippen LogP) is 4.78. The third-order valence-corrected chi connectivity index (χ3v) is 5.52. The van der Waals surface area contributed by atoms with Gasteiger partial charge in [0.25, 0.3) is 5.91 Å². The molecule has 0 aliphatic rings. The van der Waals surface area contributed by atoms with Crippen molar-refractivity contribution in [2.45, 2.75) is 59.7 Å². The van der Waals surface area contributed by atoms with Gasteiger partial charge in [0, 0.05) is 16.6 Å². The summed E-state index contributed by atoms with van der Waals surface area (Å²) in [6.45, 7) is 11.7. The van der Waals surface area contributed by atoms with Crippen LogP contribution in [0.4, 0.5) is 0 Å². The highest BCUT2D eigenvalue weighted by Gasteiger charge is 2.28. The molecule has 2 amide bonds. The van der Waals surface area contributed by atoms with Gasteiger partial charge in [0.2, 0.25) is 5.91 Å². The zero-order valence-electron chi connectivity index (χ0n) is 18.6. The molecular weight excluding hydrogens is 444 g/mol. The number of aryl methyl sites for hydroxylation is 2. The monoisotopic (exact) mass is 474 g/mol. The summed E-state index contributed by atoms with van der Waals surface area (Å²) in [5, 5.41) is 2.96. The van der Waals surface area contributed by atoms with Gasteiger partial charge in [-0.25, -0.2) is 0 Å². The molecule has 0 heterocycles. The van der Waals surface area contributed by atoms with E-state index in [-0.39, 0.29) is 24.0 Å². The van der Waals surface area contributed by atoms with Gasteiger partial charge in [-0.2, -0.15) is 0 Å². The Morgan fingerprint density at radius 1 is 1.10 bits per heavy atom. The van der Waals surface area contributed by atoms with Crippen molar-refractivity contribution in [2.24, 2.45) is 0 Å². The number of amides is 2. The van der Waals surface area contributed by atoms with Gasteiger partial charge in [-0.15, -0.1) is 0 Å². The van der Waals surface area contributed by atoms with E-state index < -0.39 is 6.04 Å². The van der Waals surface area contributed by atoms with E-state index in [1.807, 2.05) is 77.1 Å². The lowest BCUT2D eigenvalue weighted by atomic mass is 10.1. The van der Waals surface area contributed by atoms with Gasteiger partial charge in [-0.1, -0.05) is 45.8 Å². The Bertz CT molecular complexity index is 888. The van der Waals surface area contributed by atoms with Crippen LogP contribution in [0.3, 0.4) is 0 Å². The number of nitrogens with zero attached hydrogens (tertiary/aromatic N) is 1. The molecule has 1 N–H and O–H groups in total. The zero-order chi connectivity index (χ0) is 22.5. The van der Waals surface area contributed by atoms with Crippen LogP contribution in [0.5, 0.6) is 5.75 Å². The summed E-state index contributed by atoms with van der Waals surface area (Å²) in [6.07, 6.45) is 0. The summed E-state index contributed by atoms with van der Waals surface area (Å²) >= 11 is 3.46. The van der Waals surface area contributed by atoms with Gasteiger partial charge >= 0.3 is 0 Å². The van der Waals surface area contributed by atoms with Crippen LogP contribution in [0.25, 0.3) is 0 Å². The lowest BCUT2D eigenvalue weighted by Gasteiger charge is -2.31. The van der Waals surface area contributed by atoms with Crippen LogP contribution in [-0.2, 0) is 16.1 Å². The molecule has 2 rings (SSSR count). The Morgan fingerprint density at radius 3 is 2.30 bits per heavy atom. The summed E-state index contributed by atoms with van der Waals surface area (Å²) in [4.78, 5) is 27.4. The van der Waals surface area contributed by atoms with Crippen molar-refractivity contribution in [3.8, 4) is 5.75 Å². The smallest absolute Gasteiger partial charge is 0.261 e. The Labute approximate surface area is 187 Å². The third kappa shape index (κ3) is 7.17. The minimum Gasteiger partial charge on any atom is -0.484 e. The molecule has 2 aromatic rings. The van der Waals surface area contributed by atoms with Crippen molar-refractivity contribution in [3.63, 3.8) is 0 Å². The molecule has 0 aliphatic carbocycles. The fraction of sp³-hybridized carbons (Fsp3) is 0.417. The highest BCUT2D eigenvalue weighted by molar-refractivity contribution is 9.10. The first-order valence-corrected chi connectivity index (χ1v) is 10.8. The molecule has 5 nitrogen and oxygen atoms in total. The summed E-state index contributed by atoms with van der Waals surface area (Å²) in [6, 6.07) is 12.9. The number of rotatable bonds is 7. The van der Waals surface area contributed by atoms with Crippen molar-refractivity contribution < 1.29 is 14.3 Å². The van der Waals surface area contributed by atoms with E-state index in [9.17, 15) is 9.59 Å². The second-order valence-corrected chi connectivity index (χ2v) is 9.48. The predicted molar refractivity (Wildman–Crippen MR) is 123 cm³/mol. The van der Waals surface area contributed by atoms with E-state index >= 15 is 0 Å². The normalized spacial score (nSPS) is 12.2. The average Bonchev–Trinajstić information content (AvgIpc) is 2.66. The van der Waals surface area contributed by atoms with E-state index in [0.29, 0.717) is 12.3 Å². The largest absolute Gasteiger partial charge is 0.484 e. The molecule has 6 heteroatoms. The Hall–Kier alpha value is -2.34. The van der Waals surface area contributed by atoms with Crippen LogP contribution in [-0.4, -0.2) is 34.9 Å². The fourth-order valence-corrected chi connectivity index (χ4v) is 3.13. The third-order valence-electron chi connectivity index (χ3n) is 4.63. The number of hydrogen-bond donors (Lipinski definition) is 1. The second-order valence-electron chi connectivity index (χ2n) is 8.62. The molecule has 30 heavy (non-hydrogen) atoms. The van der Waals surface area contributed by atoms with Gasteiger partial charge < -0.3 is 15.0 Å².